The molecular formula is C9H12O6. The van der Waals surface area contributed by atoms with Crippen LogP contribution >= 0.6 is 0 Å². The molecule has 6 nitrogen and oxygen atoms in total. The van der Waals surface area contributed by atoms with E-state index in [9.17, 15) is 15.3 Å². The van der Waals surface area contributed by atoms with Crippen molar-refractivity contribution in [2.75, 3.05) is 6.61 Å². The topological polar surface area (TPSA) is 121 Å². The fourth-order valence-electron chi connectivity index (χ4n) is 1.20. The van der Waals surface area contributed by atoms with E-state index in [1.165, 1.54) is 0 Å². The van der Waals surface area contributed by atoms with Crippen LogP contribution in [0, 0.1) is 0 Å². The lowest BCUT2D eigenvalue weighted by molar-refractivity contribution is -0.0172. The minimum atomic E-state index is -1.63. The third kappa shape index (κ3) is 2.30. The van der Waals surface area contributed by atoms with Crippen molar-refractivity contribution in [3.63, 3.8) is 0 Å². The second-order valence-corrected chi connectivity index (χ2v) is 3.09. The maximum Gasteiger partial charge on any atom is 0.128 e. The number of hydrogen-bond donors (Lipinski definition) is 6. The third-order valence-corrected chi connectivity index (χ3v) is 1.97. The predicted molar refractivity (Wildman–Crippen MR) is 49.5 cm³/mol. The van der Waals surface area contributed by atoms with Gasteiger partial charge in [0.1, 0.15) is 29.5 Å². The molecule has 2 unspecified atom stereocenters. The summed E-state index contributed by atoms with van der Waals surface area (Å²) >= 11 is 0. The average Bonchev–Trinajstić information content (AvgIpc) is 2.14. The molecule has 0 saturated carbocycles. The van der Waals surface area contributed by atoms with Gasteiger partial charge in [0.05, 0.1) is 12.2 Å². The van der Waals surface area contributed by atoms with Crippen molar-refractivity contribution < 1.29 is 30.6 Å². The first-order chi connectivity index (χ1) is 6.97. The summed E-state index contributed by atoms with van der Waals surface area (Å²) in [6, 6.07) is 1.81. The average molecular weight is 216 g/mol. The van der Waals surface area contributed by atoms with Crippen molar-refractivity contribution in [3.05, 3.63) is 17.7 Å². The summed E-state index contributed by atoms with van der Waals surface area (Å²) in [5.74, 6) is -1.50. The first kappa shape index (κ1) is 11.6. The molecule has 0 radical (unpaired) electrons. The van der Waals surface area contributed by atoms with Gasteiger partial charge in [0.2, 0.25) is 0 Å². The molecule has 1 aromatic carbocycles. The van der Waals surface area contributed by atoms with Crippen LogP contribution in [0.15, 0.2) is 12.1 Å². The number of phenolic OH excluding ortho intramolecular Hbond substituents is 3. The van der Waals surface area contributed by atoms with Crippen LogP contribution in [0.2, 0.25) is 0 Å². The number of rotatable bonds is 3. The monoisotopic (exact) mass is 216 g/mol. The molecule has 0 fully saturated rings. The molecule has 0 bridgehead atoms. The zero-order valence-corrected chi connectivity index (χ0v) is 7.70. The molecule has 0 heterocycles. The normalized spacial score (nSPS) is 14.9. The van der Waals surface area contributed by atoms with Crippen LogP contribution < -0.4 is 0 Å². The fourth-order valence-corrected chi connectivity index (χ4v) is 1.20. The Kier molecular flexibility index (Phi) is 3.35. The van der Waals surface area contributed by atoms with Gasteiger partial charge < -0.3 is 30.6 Å². The van der Waals surface area contributed by atoms with Crippen LogP contribution in [0.1, 0.15) is 11.7 Å². The van der Waals surface area contributed by atoms with Crippen molar-refractivity contribution in [2.24, 2.45) is 0 Å². The van der Waals surface area contributed by atoms with Crippen LogP contribution in [-0.4, -0.2) is 43.4 Å². The molecule has 1 rings (SSSR count). The highest BCUT2D eigenvalue weighted by Crippen LogP contribution is 2.37. The van der Waals surface area contributed by atoms with Crippen molar-refractivity contribution >= 4 is 0 Å². The Bertz CT molecular complexity index is 327. The molecule has 2 atom stereocenters. The van der Waals surface area contributed by atoms with Gasteiger partial charge in [-0.15, -0.1) is 0 Å². The van der Waals surface area contributed by atoms with E-state index >= 15 is 0 Å². The van der Waals surface area contributed by atoms with Crippen molar-refractivity contribution in [2.45, 2.75) is 12.2 Å². The second kappa shape index (κ2) is 4.35. The van der Waals surface area contributed by atoms with Gasteiger partial charge in [-0.1, -0.05) is 0 Å². The van der Waals surface area contributed by atoms with Crippen LogP contribution in [0.3, 0.4) is 0 Å². The molecule has 0 amide bonds. The smallest absolute Gasteiger partial charge is 0.128 e. The van der Waals surface area contributed by atoms with E-state index in [0.717, 1.165) is 12.1 Å². The summed E-state index contributed by atoms with van der Waals surface area (Å²) in [7, 11) is 0. The van der Waals surface area contributed by atoms with E-state index < -0.39 is 30.3 Å². The first-order valence-electron chi connectivity index (χ1n) is 4.19. The summed E-state index contributed by atoms with van der Waals surface area (Å²) in [6.45, 7) is -0.721. The predicted octanol–water partition coefficient (Wildman–Crippen LogP) is -0.810. The van der Waals surface area contributed by atoms with Gasteiger partial charge in [-0.3, -0.25) is 0 Å². The fraction of sp³-hybridized carbons (Fsp3) is 0.333. The quantitative estimate of drug-likeness (QED) is 0.393. The SMILES string of the molecule is OCC(O)C(O)c1c(O)cc(O)cc1O. The highest BCUT2D eigenvalue weighted by atomic mass is 16.4. The van der Waals surface area contributed by atoms with E-state index in [2.05, 4.69) is 0 Å². The maximum absolute atomic E-state index is 9.43. The number of aliphatic hydroxyl groups excluding tert-OH is 3. The van der Waals surface area contributed by atoms with E-state index in [-0.39, 0.29) is 11.3 Å². The van der Waals surface area contributed by atoms with E-state index in [0.29, 0.717) is 0 Å². The summed E-state index contributed by atoms with van der Waals surface area (Å²) < 4.78 is 0. The molecule has 0 aromatic heterocycles. The summed E-state index contributed by atoms with van der Waals surface area (Å²) in [5, 5.41) is 54.7. The van der Waals surface area contributed by atoms with E-state index in [4.69, 9.17) is 15.3 Å². The molecule has 6 heteroatoms. The van der Waals surface area contributed by atoms with Gasteiger partial charge in [0.25, 0.3) is 0 Å². The lowest BCUT2D eigenvalue weighted by Crippen LogP contribution is -2.22. The number of hydrogen-bond acceptors (Lipinski definition) is 6. The molecule has 1 aromatic rings. The molecule has 0 aliphatic rings. The Labute approximate surface area is 85.3 Å². The lowest BCUT2D eigenvalue weighted by atomic mass is 10.0. The molecule has 0 aliphatic carbocycles. The zero-order valence-electron chi connectivity index (χ0n) is 7.70. The number of aliphatic hydroxyl groups is 3. The van der Waals surface area contributed by atoms with Gasteiger partial charge >= 0.3 is 0 Å². The Morgan fingerprint density at radius 2 is 1.47 bits per heavy atom. The molecule has 84 valence electrons. The standard InChI is InChI=1S/C9H12O6/c10-3-7(14)9(15)8-5(12)1-4(11)2-6(8)13/h1-2,7,9-15H,3H2. The Morgan fingerprint density at radius 3 is 1.87 bits per heavy atom. The number of aromatic hydroxyl groups is 3. The van der Waals surface area contributed by atoms with Crippen molar-refractivity contribution in [1.82, 2.24) is 0 Å². The number of benzene rings is 1. The van der Waals surface area contributed by atoms with Gasteiger partial charge in [-0.05, 0) is 0 Å². The van der Waals surface area contributed by atoms with Gasteiger partial charge in [-0.2, -0.15) is 0 Å². The van der Waals surface area contributed by atoms with Crippen LogP contribution in [-0.2, 0) is 0 Å². The highest BCUT2D eigenvalue weighted by molar-refractivity contribution is 5.50. The van der Waals surface area contributed by atoms with Crippen molar-refractivity contribution in [3.8, 4) is 17.2 Å². The van der Waals surface area contributed by atoms with Crippen molar-refractivity contribution in [1.29, 1.82) is 0 Å². The Hall–Kier alpha value is -1.50. The first-order valence-corrected chi connectivity index (χ1v) is 4.19. The largest absolute Gasteiger partial charge is 0.508 e. The van der Waals surface area contributed by atoms with E-state index in [1.807, 2.05) is 0 Å². The summed E-state index contributed by atoms with van der Waals surface area (Å²) in [6.07, 6.45) is -3.15. The van der Waals surface area contributed by atoms with Crippen LogP contribution in [0.5, 0.6) is 17.2 Å². The minimum Gasteiger partial charge on any atom is -0.508 e. The maximum atomic E-state index is 9.43. The van der Waals surface area contributed by atoms with Gasteiger partial charge in [-0.25, -0.2) is 0 Å². The van der Waals surface area contributed by atoms with E-state index in [1.54, 1.807) is 0 Å². The lowest BCUT2D eigenvalue weighted by Gasteiger charge is -2.18. The molecule has 0 aliphatic heterocycles. The Morgan fingerprint density at radius 1 is 1.00 bits per heavy atom. The summed E-state index contributed by atoms with van der Waals surface area (Å²) in [5.41, 5.74) is -0.339. The molecule has 15 heavy (non-hydrogen) atoms. The molecule has 0 spiro atoms. The second-order valence-electron chi connectivity index (χ2n) is 3.09. The minimum absolute atomic E-state index is 0.339. The molecule has 0 saturated heterocycles. The Balaban J connectivity index is 3.13. The highest BCUT2D eigenvalue weighted by Gasteiger charge is 2.24. The van der Waals surface area contributed by atoms with Crippen LogP contribution in [0.4, 0.5) is 0 Å². The summed E-state index contributed by atoms with van der Waals surface area (Å²) in [4.78, 5) is 0. The van der Waals surface area contributed by atoms with Gasteiger partial charge in [0, 0.05) is 12.1 Å². The number of phenols is 3. The molecule has 6 N–H and O–H groups in total. The van der Waals surface area contributed by atoms with Crippen LogP contribution in [0.25, 0.3) is 0 Å². The zero-order chi connectivity index (χ0) is 11.6. The third-order valence-electron chi connectivity index (χ3n) is 1.97. The van der Waals surface area contributed by atoms with Gasteiger partial charge in [0.15, 0.2) is 0 Å². The molecular weight excluding hydrogens is 204 g/mol.